The predicted octanol–water partition coefficient (Wildman–Crippen LogP) is 1.60. The highest BCUT2D eigenvalue weighted by Gasteiger charge is 2.33. The van der Waals surface area contributed by atoms with Crippen LogP contribution in [0.5, 0.6) is 0 Å². The molecule has 1 saturated heterocycles. The summed E-state index contributed by atoms with van der Waals surface area (Å²) in [7, 11) is 0. The smallest absolute Gasteiger partial charge is 0.0501 e. The summed E-state index contributed by atoms with van der Waals surface area (Å²) in [5.41, 5.74) is 1.44. The van der Waals surface area contributed by atoms with Gasteiger partial charge in [-0.3, -0.25) is 0 Å². The molecular weight excluding hydrogens is 112 g/mol. The SMILES string of the molecule is C=C1C[C@H]2COC[C@H]2C1. The van der Waals surface area contributed by atoms with Crippen molar-refractivity contribution in [2.75, 3.05) is 13.2 Å². The Bertz CT molecular complexity index is 126. The van der Waals surface area contributed by atoms with Crippen LogP contribution in [0.2, 0.25) is 0 Å². The second-order valence-corrected chi connectivity index (χ2v) is 3.22. The Kier molecular flexibility index (Phi) is 1.12. The molecule has 2 fully saturated rings. The molecule has 1 aliphatic carbocycles. The Morgan fingerprint density at radius 1 is 1.22 bits per heavy atom. The van der Waals surface area contributed by atoms with E-state index in [0.717, 1.165) is 25.0 Å². The number of allylic oxidation sites excluding steroid dienone is 1. The molecule has 1 saturated carbocycles. The van der Waals surface area contributed by atoms with Crippen LogP contribution in [0.1, 0.15) is 12.8 Å². The lowest BCUT2D eigenvalue weighted by Gasteiger charge is -2.00. The molecule has 0 N–H and O–H groups in total. The average molecular weight is 124 g/mol. The summed E-state index contributed by atoms with van der Waals surface area (Å²) in [6.07, 6.45) is 2.45. The number of fused-ring (bicyclic) bond motifs is 1. The maximum absolute atomic E-state index is 5.32. The van der Waals surface area contributed by atoms with E-state index in [1.54, 1.807) is 0 Å². The normalized spacial score (nSPS) is 41.6. The molecule has 0 aromatic rings. The molecule has 1 nitrogen and oxygen atoms in total. The summed E-state index contributed by atoms with van der Waals surface area (Å²) in [6.45, 7) is 5.96. The highest BCUT2D eigenvalue weighted by molar-refractivity contribution is 5.07. The van der Waals surface area contributed by atoms with E-state index in [9.17, 15) is 0 Å². The van der Waals surface area contributed by atoms with Gasteiger partial charge in [-0.25, -0.2) is 0 Å². The second-order valence-electron chi connectivity index (χ2n) is 3.22. The molecule has 2 aliphatic rings. The maximum Gasteiger partial charge on any atom is 0.0501 e. The summed E-state index contributed by atoms with van der Waals surface area (Å²) in [5, 5.41) is 0. The van der Waals surface area contributed by atoms with E-state index in [-0.39, 0.29) is 0 Å². The molecule has 0 spiro atoms. The fraction of sp³-hybridized carbons (Fsp3) is 0.750. The first kappa shape index (κ1) is 5.48. The number of rotatable bonds is 0. The van der Waals surface area contributed by atoms with Gasteiger partial charge in [-0.05, 0) is 24.7 Å². The molecule has 9 heavy (non-hydrogen) atoms. The second kappa shape index (κ2) is 1.84. The van der Waals surface area contributed by atoms with Gasteiger partial charge in [0.25, 0.3) is 0 Å². The van der Waals surface area contributed by atoms with E-state index in [2.05, 4.69) is 6.58 Å². The Hall–Kier alpha value is -0.300. The van der Waals surface area contributed by atoms with Crippen molar-refractivity contribution >= 4 is 0 Å². The Balaban J connectivity index is 2.09. The van der Waals surface area contributed by atoms with E-state index >= 15 is 0 Å². The minimum absolute atomic E-state index is 0.831. The largest absolute Gasteiger partial charge is 0.381 e. The van der Waals surface area contributed by atoms with E-state index in [4.69, 9.17) is 4.74 Å². The molecule has 0 amide bonds. The van der Waals surface area contributed by atoms with Crippen molar-refractivity contribution in [3.63, 3.8) is 0 Å². The van der Waals surface area contributed by atoms with Gasteiger partial charge in [0.2, 0.25) is 0 Å². The van der Waals surface area contributed by atoms with Crippen molar-refractivity contribution in [1.29, 1.82) is 0 Å². The fourth-order valence-electron chi connectivity index (χ4n) is 1.92. The van der Waals surface area contributed by atoms with Crippen molar-refractivity contribution in [3.05, 3.63) is 12.2 Å². The zero-order valence-electron chi connectivity index (χ0n) is 5.60. The summed E-state index contributed by atoms with van der Waals surface area (Å²) in [6, 6.07) is 0. The molecule has 0 bridgehead atoms. The Labute approximate surface area is 55.7 Å². The minimum atomic E-state index is 0.831. The maximum atomic E-state index is 5.32. The lowest BCUT2D eigenvalue weighted by Crippen LogP contribution is -2.01. The van der Waals surface area contributed by atoms with Gasteiger partial charge in [-0.1, -0.05) is 12.2 Å². The first-order valence-corrected chi connectivity index (χ1v) is 3.60. The van der Waals surface area contributed by atoms with Gasteiger partial charge < -0.3 is 4.74 Å². The van der Waals surface area contributed by atoms with Crippen LogP contribution in [0.3, 0.4) is 0 Å². The summed E-state index contributed by atoms with van der Waals surface area (Å²) in [4.78, 5) is 0. The van der Waals surface area contributed by atoms with Crippen LogP contribution in [0.25, 0.3) is 0 Å². The van der Waals surface area contributed by atoms with Crippen LogP contribution in [0, 0.1) is 11.8 Å². The standard InChI is InChI=1S/C8H12O/c1-6-2-7-4-9-5-8(7)3-6/h7-8H,1-5H2/t7-,8+. The predicted molar refractivity (Wildman–Crippen MR) is 36.2 cm³/mol. The molecule has 0 radical (unpaired) electrons. The van der Waals surface area contributed by atoms with Crippen LogP contribution in [0.4, 0.5) is 0 Å². The van der Waals surface area contributed by atoms with Crippen molar-refractivity contribution in [1.82, 2.24) is 0 Å². The molecule has 0 aromatic heterocycles. The summed E-state index contributed by atoms with van der Waals surface area (Å²) in [5.74, 6) is 1.66. The van der Waals surface area contributed by atoms with E-state index in [1.807, 2.05) is 0 Å². The number of ether oxygens (including phenoxy) is 1. The zero-order valence-corrected chi connectivity index (χ0v) is 5.60. The van der Waals surface area contributed by atoms with Gasteiger partial charge in [0.15, 0.2) is 0 Å². The van der Waals surface area contributed by atoms with Crippen molar-refractivity contribution in [2.24, 2.45) is 11.8 Å². The zero-order chi connectivity index (χ0) is 6.27. The van der Waals surface area contributed by atoms with Gasteiger partial charge >= 0.3 is 0 Å². The summed E-state index contributed by atoms with van der Waals surface area (Å²) >= 11 is 0. The van der Waals surface area contributed by atoms with E-state index < -0.39 is 0 Å². The van der Waals surface area contributed by atoms with Crippen LogP contribution in [-0.4, -0.2) is 13.2 Å². The van der Waals surface area contributed by atoms with Gasteiger partial charge in [-0.15, -0.1) is 0 Å². The molecule has 50 valence electrons. The van der Waals surface area contributed by atoms with Crippen molar-refractivity contribution in [3.8, 4) is 0 Å². The van der Waals surface area contributed by atoms with Gasteiger partial charge in [0.1, 0.15) is 0 Å². The lowest BCUT2D eigenvalue weighted by molar-refractivity contribution is 0.177. The minimum Gasteiger partial charge on any atom is -0.381 e. The first-order chi connectivity index (χ1) is 4.36. The van der Waals surface area contributed by atoms with Crippen LogP contribution < -0.4 is 0 Å². The Morgan fingerprint density at radius 2 is 1.78 bits per heavy atom. The molecule has 1 aliphatic heterocycles. The third-order valence-electron chi connectivity index (χ3n) is 2.43. The fourth-order valence-corrected chi connectivity index (χ4v) is 1.92. The van der Waals surface area contributed by atoms with Crippen LogP contribution in [-0.2, 0) is 4.74 Å². The van der Waals surface area contributed by atoms with Crippen molar-refractivity contribution in [2.45, 2.75) is 12.8 Å². The number of hydrogen-bond donors (Lipinski definition) is 0. The Morgan fingerprint density at radius 3 is 2.33 bits per heavy atom. The molecule has 2 atom stereocenters. The van der Waals surface area contributed by atoms with Crippen LogP contribution >= 0.6 is 0 Å². The molecule has 1 heteroatoms. The third kappa shape index (κ3) is 0.799. The molecule has 0 aromatic carbocycles. The third-order valence-corrected chi connectivity index (χ3v) is 2.43. The summed E-state index contributed by atoms with van der Waals surface area (Å²) < 4.78 is 5.32. The monoisotopic (exact) mass is 124 g/mol. The van der Waals surface area contributed by atoms with Crippen LogP contribution in [0.15, 0.2) is 12.2 Å². The quantitative estimate of drug-likeness (QED) is 0.446. The molecular formula is C8H12O. The topological polar surface area (TPSA) is 9.23 Å². The average Bonchev–Trinajstić information content (AvgIpc) is 2.22. The van der Waals surface area contributed by atoms with Gasteiger partial charge in [0.05, 0.1) is 13.2 Å². The highest BCUT2D eigenvalue weighted by Crippen LogP contribution is 2.38. The molecule has 1 heterocycles. The lowest BCUT2D eigenvalue weighted by atomic mass is 10.0. The van der Waals surface area contributed by atoms with Gasteiger partial charge in [-0.2, -0.15) is 0 Å². The van der Waals surface area contributed by atoms with E-state index in [0.29, 0.717) is 0 Å². The first-order valence-electron chi connectivity index (χ1n) is 3.60. The highest BCUT2D eigenvalue weighted by atomic mass is 16.5. The number of hydrogen-bond acceptors (Lipinski definition) is 1. The molecule has 0 unspecified atom stereocenters. The van der Waals surface area contributed by atoms with Crippen molar-refractivity contribution < 1.29 is 4.74 Å². The van der Waals surface area contributed by atoms with Gasteiger partial charge in [0, 0.05) is 0 Å². The molecule has 2 rings (SSSR count). The van der Waals surface area contributed by atoms with E-state index in [1.165, 1.54) is 18.4 Å².